The molecule has 128 valence electrons. The molecule has 5 heteroatoms. The average molecular weight is 350 g/mol. The molecule has 27 heavy (non-hydrogen) atoms. The molecule has 0 atom stereocenters. The lowest BCUT2D eigenvalue weighted by Gasteiger charge is -2.03. The fourth-order valence-electron chi connectivity index (χ4n) is 3.08. The molecule has 0 fully saturated rings. The van der Waals surface area contributed by atoms with Crippen molar-refractivity contribution in [2.45, 2.75) is 0 Å². The Kier molecular flexibility index (Phi) is 3.50. The molecule has 0 spiro atoms. The Morgan fingerprint density at radius 2 is 0.889 bits per heavy atom. The van der Waals surface area contributed by atoms with Crippen molar-refractivity contribution in [3.05, 3.63) is 79.4 Å². The third kappa shape index (κ3) is 2.85. The lowest BCUT2D eigenvalue weighted by Crippen LogP contribution is -1.82. The van der Waals surface area contributed by atoms with Gasteiger partial charge in [0.15, 0.2) is 0 Å². The van der Waals surface area contributed by atoms with Crippen molar-refractivity contribution in [2.24, 2.45) is 0 Å². The van der Waals surface area contributed by atoms with Crippen molar-refractivity contribution in [1.29, 1.82) is 0 Å². The molecule has 0 aliphatic heterocycles. The monoisotopic (exact) mass is 350 g/mol. The molecule has 5 nitrogen and oxygen atoms in total. The van der Waals surface area contributed by atoms with E-state index in [-0.39, 0.29) is 5.75 Å². The second-order valence-electron chi connectivity index (χ2n) is 6.29. The maximum atomic E-state index is 10.6. The molecule has 0 aliphatic rings. The number of phenols is 1. The molecule has 0 radical (unpaired) electrons. The summed E-state index contributed by atoms with van der Waals surface area (Å²) in [4.78, 5) is 18.1. The van der Waals surface area contributed by atoms with Crippen LogP contribution in [0.15, 0.2) is 79.4 Å². The van der Waals surface area contributed by atoms with Crippen LogP contribution in [-0.2, 0) is 0 Å². The predicted molar refractivity (Wildman–Crippen MR) is 107 cm³/mol. The van der Waals surface area contributed by atoms with Crippen molar-refractivity contribution in [1.82, 2.24) is 19.9 Å². The zero-order valence-corrected chi connectivity index (χ0v) is 14.2. The van der Waals surface area contributed by atoms with Gasteiger partial charge in [0.2, 0.25) is 0 Å². The molecule has 4 bridgehead atoms. The van der Waals surface area contributed by atoms with Crippen LogP contribution in [0.2, 0.25) is 0 Å². The SMILES string of the molecule is Oc1cc2cnc3ccc(cc3)ncc2c2cnc3ccc(cc3)ncc12. The molecular weight excluding hydrogens is 336 g/mol. The number of aromatic hydroxyl groups is 1. The summed E-state index contributed by atoms with van der Waals surface area (Å²) < 4.78 is 0. The zero-order chi connectivity index (χ0) is 18.2. The van der Waals surface area contributed by atoms with E-state index in [1.807, 2.05) is 48.5 Å². The van der Waals surface area contributed by atoms with Crippen molar-refractivity contribution in [3.63, 3.8) is 0 Å². The second-order valence-corrected chi connectivity index (χ2v) is 6.29. The zero-order valence-electron chi connectivity index (χ0n) is 14.2. The number of fused-ring (bicyclic) bond motifs is 8. The summed E-state index contributed by atoms with van der Waals surface area (Å²) in [6.45, 7) is 0. The van der Waals surface area contributed by atoms with Gasteiger partial charge in [-0.25, -0.2) is 0 Å². The highest BCUT2D eigenvalue weighted by molar-refractivity contribution is 6.08. The third-order valence-corrected chi connectivity index (χ3v) is 4.54. The Labute approximate surface area is 154 Å². The van der Waals surface area contributed by atoms with E-state index < -0.39 is 0 Å². The van der Waals surface area contributed by atoms with E-state index in [1.54, 1.807) is 30.9 Å². The highest BCUT2D eigenvalue weighted by Gasteiger charge is 2.05. The van der Waals surface area contributed by atoms with E-state index in [0.29, 0.717) is 5.39 Å². The summed E-state index contributed by atoms with van der Waals surface area (Å²) in [5.74, 6) is 0.125. The first-order valence-electron chi connectivity index (χ1n) is 8.53. The van der Waals surface area contributed by atoms with Crippen molar-refractivity contribution < 1.29 is 5.11 Å². The number of rotatable bonds is 0. The Bertz CT molecular complexity index is 1360. The molecule has 7 aromatic rings. The average Bonchev–Trinajstić information content (AvgIpc) is 2.72. The Hall–Kier alpha value is -3.86. The van der Waals surface area contributed by atoms with Gasteiger partial charge in [0.25, 0.3) is 0 Å². The maximum absolute atomic E-state index is 10.6. The maximum Gasteiger partial charge on any atom is 0.125 e. The van der Waals surface area contributed by atoms with Gasteiger partial charge < -0.3 is 5.11 Å². The summed E-state index contributed by atoms with van der Waals surface area (Å²) in [6, 6.07) is 16.9. The van der Waals surface area contributed by atoms with Gasteiger partial charge in [-0.2, -0.15) is 0 Å². The fourth-order valence-corrected chi connectivity index (χ4v) is 3.08. The quantitative estimate of drug-likeness (QED) is 0.438. The van der Waals surface area contributed by atoms with Gasteiger partial charge in [0.05, 0.1) is 22.1 Å². The van der Waals surface area contributed by atoms with Crippen LogP contribution in [0.4, 0.5) is 0 Å². The number of hydrogen-bond acceptors (Lipinski definition) is 5. The first kappa shape index (κ1) is 15.4. The van der Waals surface area contributed by atoms with E-state index >= 15 is 0 Å². The molecule has 3 aromatic carbocycles. The van der Waals surface area contributed by atoms with E-state index in [2.05, 4.69) is 19.9 Å². The molecule has 0 amide bonds. The fraction of sp³-hybridized carbons (Fsp3) is 0. The number of phenolic OH excluding ortho intramolecular Hbond substituents is 1. The van der Waals surface area contributed by atoms with Crippen LogP contribution < -0.4 is 0 Å². The standard InChI is InChI=1S/C22H14N4O/c27-22-9-14-10-23-15-1-3-16(4-2-15)24-11-19(14)20-12-25-17-5-7-18(8-6-17)26-13-21(20)22/h1-13,27H. The molecular formula is C22H14N4O. The van der Waals surface area contributed by atoms with Crippen molar-refractivity contribution in [3.8, 4) is 5.75 Å². The Morgan fingerprint density at radius 1 is 0.481 bits per heavy atom. The second kappa shape index (κ2) is 6.14. The topological polar surface area (TPSA) is 71.8 Å². The largest absolute Gasteiger partial charge is 0.507 e. The molecule has 7 rings (SSSR count). The van der Waals surface area contributed by atoms with Crippen LogP contribution in [0.3, 0.4) is 0 Å². The predicted octanol–water partition coefficient (Wildman–Crippen LogP) is 4.71. The number of nitrogens with zero attached hydrogens (tertiary/aromatic N) is 4. The van der Waals surface area contributed by atoms with Crippen LogP contribution in [0, 0.1) is 0 Å². The molecule has 1 N–H and O–H groups in total. The van der Waals surface area contributed by atoms with Crippen molar-refractivity contribution >= 4 is 43.6 Å². The first-order valence-corrected chi connectivity index (χ1v) is 8.53. The highest BCUT2D eigenvalue weighted by atomic mass is 16.3. The smallest absolute Gasteiger partial charge is 0.125 e. The Balaban J connectivity index is 2.02. The normalized spacial score (nSPS) is 11.1. The minimum Gasteiger partial charge on any atom is -0.507 e. The lowest BCUT2D eigenvalue weighted by molar-refractivity contribution is 0.482. The van der Waals surface area contributed by atoms with E-state index in [0.717, 1.165) is 38.2 Å². The van der Waals surface area contributed by atoms with Crippen LogP contribution in [-0.4, -0.2) is 25.0 Å². The van der Waals surface area contributed by atoms with Gasteiger partial charge >= 0.3 is 0 Å². The van der Waals surface area contributed by atoms with Crippen LogP contribution in [0.25, 0.3) is 43.6 Å². The van der Waals surface area contributed by atoms with E-state index in [1.165, 1.54) is 0 Å². The number of aromatic nitrogens is 4. The van der Waals surface area contributed by atoms with Gasteiger partial charge in [-0.05, 0) is 54.6 Å². The summed E-state index contributed by atoms with van der Waals surface area (Å²) >= 11 is 0. The minimum absolute atomic E-state index is 0.125. The minimum atomic E-state index is 0.125. The van der Waals surface area contributed by atoms with Gasteiger partial charge in [-0.1, -0.05) is 0 Å². The van der Waals surface area contributed by atoms with Crippen LogP contribution in [0.1, 0.15) is 0 Å². The Morgan fingerprint density at radius 3 is 1.41 bits per heavy atom. The van der Waals surface area contributed by atoms with E-state index in [4.69, 9.17) is 0 Å². The number of benzene rings is 3. The lowest BCUT2D eigenvalue weighted by atomic mass is 10.1. The van der Waals surface area contributed by atoms with E-state index in [9.17, 15) is 5.11 Å². The summed E-state index contributed by atoms with van der Waals surface area (Å²) in [7, 11) is 0. The summed E-state index contributed by atoms with van der Waals surface area (Å²) in [5, 5.41) is 13.6. The van der Waals surface area contributed by atoms with Gasteiger partial charge in [-0.3, -0.25) is 19.9 Å². The first-order chi connectivity index (χ1) is 13.3. The molecule has 0 unspecified atom stereocenters. The molecule has 0 saturated heterocycles. The molecule has 4 aromatic heterocycles. The summed E-state index contributed by atoms with van der Waals surface area (Å²) in [6.07, 6.45) is 6.93. The van der Waals surface area contributed by atoms with Gasteiger partial charge in [-0.15, -0.1) is 0 Å². The van der Waals surface area contributed by atoms with Gasteiger partial charge in [0, 0.05) is 46.3 Å². The molecule has 0 aliphatic carbocycles. The third-order valence-electron chi connectivity index (χ3n) is 4.54. The van der Waals surface area contributed by atoms with Crippen LogP contribution >= 0.6 is 0 Å². The summed E-state index contributed by atoms with van der Waals surface area (Å²) in [5.41, 5.74) is 3.29. The van der Waals surface area contributed by atoms with Gasteiger partial charge in [0.1, 0.15) is 5.75 Å². The number of hydrogen-bond donors (Lipinski definition) is 1. The van der Waals surface area contributed by atoms with Crippen molar-refractivity contribution in [2.75, 3.05) is 0 Å². The molecule has 0 saturated carbocycles. The van der Waals surface area contributed by atoms with Crippen LogP contribution in [0.5, 0.6) is 5.75 Å². The molecule has 4 heterocycles. The highest BCUT2D eigenvalue weighted by Crippen LogP contribution is 2.30.